The number of nitrogens with two attached hydrogens (primary N) is 1. The molecule has 14 heavy (non-hydrogen) atoms. The second-order valence-electron chi connectivity index (χ2n) is 3.52. The Hall–Kier alpha value is -1.52. The fraction of sp³-hybridized carbons (Fsp3) is 0.556. The van der Waals surface area contributed by atoms with Gasteiger partial charge in [0.2, 0.25) is 6.20 Å². The van der Waals surface area contributed by atoms with Crippen LogP contribution in [0.4, 0.5) is 5.69 Å². The SMILES string of the molecule is CCOC(=O)C1([n+]2cc(N)c[nH]2)CC1. The van der Waals surface area contributed by atoms with E-state index in [9.17, 15) is 4.79 Å². The Morgan fingerprint density at radius 3 is 2.93 bits per heavy atom. The summed E-state index contributed by atoms with van der Waals surface area (Å²) in [5.74, 6) is -0.174. The predicted octanol–water partition coefficient (Wildman–Crippen LogP) is -0.0634. The van der Waals surface area contributed by atoms with Crippen LogP contribution < -0.4 is 10.4 Å². The quantitative estimate of drug-likeness (QED) is 0.525. The Labute approximate surface area is 81.8 Å². The highest BCUT2D eigenvalue weighted by Crippen LogP contribution is 2.39. The zero-order valence-corrected chi connectivity index (χ0v) is 8.12. The van der Waals surface area contributed by atoms with Gasteiger partial charge in [-0.15, -0.1) is 0 Å². The molecule has 0 atom stereocenters. The third-order valence-electron chi connectivity index (χ3n) is 2.49. The number of H-pyrrole nitrogens is 1. The van der Waals surface area contributed by atoms with Crippen molar-refractivity contribution in [3.63, 3.8) is 0 Å². The van der Waals surface area contributed by atoms with Crippen LogP contribution in [-0.2, 0) is 15.1 Å². The minimum atomic E-state index is -0.506. The number of hydrogen-bond donors (Lipinski definition) is 2. The second-order valence-corrected chi connectivity index (χ2v) is 3.52. The smallest absolute Gasteiger partial charge is 0.381 e. The van der Waals surface area contributed by atoms with E-state index in [1.807, 2.05) is 6.92 Å². The molecule has 1 heterocycles. The minimum Gasteiger partial charge on any atom is -0.461 e. The normalized spacial score (nSPS) is 17.8. The van der Waals surface area contributed by atoms with E-state index in [-0.39, 0.29) is 5.97 Å². The average molecular weight is 196 g/mol. The van der Waals surface area contributed by atoms with Crippen LogP contribution >= 0.6 is 0 Å². The average Bonchev–Trinajstić information content (AvgIpc) is 2.85. The van der Waals surface area contributed by atoms with E-state index in [4.69, 9.17) is 10.5 Å². The first kappa shape index (κ1) is 9.05. The van der Waals surface area contributed by atoms with E-state index >= 15 is 0 Å². The van der Waals surface area contributed by atoms with Gasteiger partial charge in [0.05, 0.1) is 12.8 Å². The number of aromatic amines is 1. The fourth-order valence-corrected chi connectivity index (χ4v) is 1.54. The molecule has 0 aromatic carbocycles. The maximum absolute atomic E-state index is 11.6. The molecule has 2 rings (SSSR count). The summed E-state index contributed by atoms with van der Waals surface area (Å²) in [4.78, 5) is 11.6. The van der Waals surface area contributed by atoms with Crippen LogP contribution in [0.1, 0.15) is 19.8 Å². The van der Waals surface area contributed by atoms with Crippen molar-refractivity contribution in [1.82, 2.24) is 5.10 Å². The summed E-state index contributed by atoms with van der Waals surface area (Å²) in [6.45, 7) is 2.22. The first-order valence-corrected chi connectivity index (χ1v) is 4.72. The van der Waals surface area contributed by atoms with Crippen molar-refractivity contribution in [2.45, 2.75) is 25.3 Å². The van der Waals surface area contributed by atoms with Gasteiger partial charge in [-0.2, -0.15) is 5.10 Å². The molecule has 1 aliphatic carbocycles. The molecule has 0 aliphatic heterocycles. The Morgan fingerprint density at radius 1 is 1.79 bits per heavy atom. The number of carbonyl (C=O) groups is 1. The molecular formula is C9H14N3O2+. The molecule has 0 amide bonds. The molecule has 1 aliphatic rings. The topological polar surface area (TPSA) is 72.0 Å². The van der Waals surface area contributed by atoms with E-state index in [2.05, 4.69) is 5.10 Å². The Morgan fingerprint density at radius 2 is 2.50 bits per heavy atom. The lowest BCUT2D eigenvalue weighted by Crippen LogP contribution is -2.53. The van der Waals surface area contributed by atoms with Gasteiger partial charge in [0.15, 0.2) is 0 Å². The molecule has 5 nitrogen and oxygen atoms in total. The molecule has 1 aromatic heterocycles. The highest BCUT2D eigenvalue weighted by atomic mass is 16.5. The molecule has 3 N–H and O–H groups in total. The number of carbonyl (C=O) groups excluding carboxylic acids is 1. The van der Waals surface area contributed by atoms with Crippen LogP contribution in [0.15, 0.2) is 12.4 Å². The van der Waals surface area contributed by atoms with Crippen molar-refractivity contribution in [3.05, 3.63) is 12.4 Å². The van der Waals surface area contributed by atoms with Crippen LogP contribution in [0.25, 0.3) is 0 Å². The molecule has 5 heteroatoms. The Kier molecular flexibility index (Phi) is 1.94. The number of aromatic nitrogens is 2. The highest BCUT2D eigenvalue weighted by molar-refractivity contribution is 5.79. The van der Waals surface area contributed by atoms with Crippen molar-refractivity contribution in [2.75, 3.05) is 12.3 Å². The van der Waals surface area contributed by atoms with Gasteiger partial charge < -0.3 is 10.5 Å². The number of rotatable bonds is 3. The molecule has 1 aromatic rings. The number of hydrogen-bond acceptors (Lipinski definition) is 3. The summed E-state index contributed by atoms with van der Waals surface area (Å²) in [7, 11) is 0. The fourth-order valence-electron chi connectivity index (χ4n) is 1.54. The molecule has 0 unspecified atom stereocenters. The van der Waals surface area contributed by atoms with Crippen LogP contribution in [0.2, 0.25) is 0 Å². The standard InChI is InChI=1S/C9H13N3O2/c1-2-14-8(13)9(3-4-9)12-6-7(10)5-11-12/h5-6H,2-4,10H2,1H3/p+1. The molecule has 1 saturated carbocycles. The molecule has 0 saturated heterocycles. The van der Waals surface area contributed by atoms with E-state index in [0.717, 1.165) is 12.8 Å². The predicted molar refractivity (Wildman–Crippen MR) is 49.2 cm³/mol. The zero-order valence-electron chi connectivity index (χ0n) is 8.12. The van der Waals surface area contributed by atoms with Gasteiger partial charge in [-0.25, -0.2) is 4.79 Å². The summed E-state index contributed by atoms with van der Waals surface area (Å²) < 4.78 is 6.75. The molecule has 1 fully saturated rings. The van der Waals surface area contributed by atoms with Gasteiger partial charge in [0, 0.05) is 12.8 Å². The van der Waals surface area contributed by atoms with Gasteiger partial charge in [0.1, 0.15) is 5.69 Å². The molecule has 0 radical (unpaired) electrons. The van der Waals surface area contributed by atoms with Crippen LogP contribution in [-0.4, -0.2) is 17.7 Å². The van der Waals surface area contributed by atoms with Crippen molar-refractivity contribution in [1.29, 1.82) is 0 Å². The van der Waals surface area contributed by atoms with Crippen LogP contribution in [0, 0.1) is 0 Å². The van der Waals surface area contributed by atoms with Crippen molar-refractivity contribution in [3.8, 4) is 0 Å². The highest BCUT2D eigenvalue weighted by Gasteiger charge is 2.62. The first-order valence-electron chi connectivity index (χ1n) is 4.72. The van der Waals surface area contributed by atoms with Gasteiger partial charge in [0.25, 0.3) is 5.54 Å². The number of nitrogen functional groups attached to an aromatic ring is 1. The summed E-state index contributed by atoms with van der Waals surface area (Å²) in [5, 5.41) is 2.94. The minimum absolute atomic E-state index is 0.174. The number of nitrogens with one attached hydrogen (secondary N) is 1. The van der Waals surface area contributed by atoms with E-state index in [0.29, 0.717) is 12.3 Å². The number of esters is 1. The summed E-state index contributed by atoms with van der Waals surface area (Å²) in [6, 6.07) is 0. The lowest BCUT2D eigenvalue weighted by Gasteiger charge is -2.05. The van der Waals surface area contributed by atoms with E-state index in [1.165, 1.54) is 0 Å². The summed E-state index contributed by atoms with van der Waals surface area (Å²) in [6.07, 6.45) is 5.02. The van der Waals surface area contributed by atoms with Gasteiger partial charge in [-0.05, 0) is 6.92 Å². The van der Waals surface area contributed by atoms with Gasteiger partial charge in [-0.1, -0.05) is 4.68 Å². The third kappa shape index (κ3) is 1.25. The number of ether oxygens (including phenoxy) is 1. The van der Waals surface area contributed by atoms with Gasteiger partial charge in [-0.3, -0.25) is 0 Å². The van der Waals surface area contributed by atoms with E-state index in [1.54, 1.807) is 17.1 Å². The van der Waals surface area contributed by atoms with Crippen molar-refractivity contribution < 1.29 is 14.2 Å². The van der Waals surface area contributed by atoms with Crippen LogP contribution in [0.5, 0.6) is 0 Å². The van der Waals surface area contributed by atoms with Crippen molar-refractivity contribution in [2.24, 2.45) is 0 Å². The zero-order chi connectivity index (χ0) is 10.2. The van der Waals surface area contributed by atoms with Crippen LogP contribution in [0.3, 0.4) is 0 Å². The monoisotopic (exact) mass is 196 g/mol. The lowest BCUT2D eigenvalue weighted by molar-refractivity contribution is -0.776. The Balaban J connectivity index is 2.21. The second kappa shape index (κ2) is 3.01. The number of anilines is 1. The molecule has 0 bridgehead atoms. The third-order valence-corrected chi connectivity index (χ3v) is 2.49. The van der Waals surface area contributed by atoms with Gasteiger partial charge >= 0.3 is 5.97 Å². The first-order chi connectivity index (χ1) is 6.69. The molecule has 0 spiro atoms. The van der Waals surface area contributed by atoms with Crippen molar-refractivity contribution >= 4 is 11.7 Å². The maximum atomic E-state index is 11.6. The molecule has 76 valence electrons. The largest absolute Gasteiger partial charge is 0.461 e. The lowest BCUT2D eigenvalue weighted by atomic mass is 10.3. The maximum Gasteiger partial charge on any atom is 0.381 e. The summed E-state index contributed by atoms with van der Waals surface area (Å²) >= 11 is 0. The molecular weight excluding hydrogens is 182 g/mol. The number of nitrogens with zero attached hydrogens (tertiary/aromatic N) is 1. The Bertz CT molecular complexity index is 355. The summed E-state index contributed by atoms with van der Waals surface area (Å²) in [5.41, 5.74) is 5.69. The van der Waals surface area contributed by atoms with E-state index < -0.39 is 5.54 Å².